The van der Waals surface area contributed by atoms with Gasteiger partial charge in [0.15, 0.2) is 11.5 Å². The van der Waals surface area contributed by atoms with E-state index >= 15 is 0 Å². The standard InChI is InChI=1S/C14H15NO3/c1-16-12-9-14(18-3)13(17-2)8-10(12)11-6-4-5-7-15-11/h4-9H,1-3H3. The van der Waals surface area contributed by atoms with E-state index in [2.05, 4.69) is 4.98 Å². The molecule has 0 aliphatic carbocycles. The smallest absolute Gasteiger partial charge is 0.164 e. The summed E-state index contributed by atoms with van der Waals surface area (Å²) in [6, 6.07) is 9.38. The Balaban J connectivity index is 2.59. The van der Waals surface area contributed by atoms with Crippen molar-refractivity contribution in [2.24, 2.45) is 0 Å². The van der Waals surface area contributed by atoms with Crippen LogP contribution in [0.15, 0.2) is 36.5 Å². The Morgan fingerprint density at radius 1 is 0.833 bits per heavy atom. The lowest BCUT2D eigenvalue weighted by atomic mass is 10.1. The van der Waals surface area contributed by atoms with Crippen molar-refractivity contribution in [3.05, 3.63) is 36.5 Å². The number of hydrogen-bond acceptors (Lipinski definition) is 4. The number of rotatable bonds is 4. The molecule has 1 heterocycles. The average molecular weight is 245 g/mol. The SMILES string of the molecule is COc1cc(OC)c(-c2ccccn2)cc1OC. The van der Waals surface area contributed by atoms with Gasteiger partial charge in [0.25, 0.3) is 0 Å². The van der Waals surface area contributed by atoms with E-state index in [0.717, 1.165) is 11.3 Å². The van der Waals surface area contributed by atoms with Gasteiger partial charge in [-0.25, -0.2) is 0 Å². The molecule has 2 aromatic rings. The predicted octanol–water partition coefficient (Wildman–Crippen LogP) is 2.77. The summed E-state index contributed by atoms with van der Waals surface area (Å²) in [6.45, 7) is 0. The summed E-state index contributed by atoms with van der Waals surface area (Å²) >= 11 is 0. The van der Waals surface area contributed by atoms with E-state index in [9.17, 15) is 0 Å². The fourth-order valence-electron chi connectivity index (χ4n) is 1.75. The number of ether oxygens (including phenoxy) is 3. The summed E-state index contributed by atoms with van der Waals surface area (Å²) in [7, 11) is 4.82. The molecule has 0 aliphatic rings. The molecule has 0 saturated heterocycles. The van der Waals surface area contributed by atoms with E-state index < -0.39 is 0 Å². The van der Waals surface area contributed by atoms with Crippen LogP contribution < -0.4 is 14.2 Å². The fourth-order valence-corrected chi connectivity index (χ4v) is 1.75. The van der Waals surface area contributed by atoms with Crippen LogP contribution in [-0.2, 0) is 0 Å². The summed E-state index contributed by atoms with van der Waals surface area (Å²) in [5.74, 6) is 1.99. The molecule has 0 radical (unpaired) electrons. The Morgan fingerprint density at radius 2 is 1.50 bits per heavy atom. The molecule has 0 N–H and O–H groups in total. The topological polar surface area (TPSA) is 40.6 Å². The third kappa shape index (κ3) is 2.22. The first kappa shape index (κ1) is 12.2. The van der Waals surface area contributed by atoms with E-state index in [-0.39, 0.29) is 0 Å². The van der Waals surface area contributed by atoms with Crippen LogP contribution in [-0.4, -0.2) is 26.3 Å². The third-order valence-corrected chi connectivity index (χ3v) is 2.65. The minimum absolute atomic E-state index is 0.633. The van der Waals surface area contributed by atoms with Crippen molar-refractivity contribution in [2.45, 2.75) is 0 Å². The van der Waals surface area contributed by atoms with E-state index in [1.54, 1.807) is 33.6 Å². The summed E-state index contributed by atoms with van der Waals surface area (Å²) in [4.78, 5) is 4.31. The lowest BCUT2D eigenvalue weighted by Gasteiger charge is -2.13. The molecule has 4 nitrogen and oxygen atoms in total. The van der Waals surface area contributed by atoms with Crippen molar-refractivity contribution >= 4 is 0 Å². The largest absolute Gasteiger partial charge is 0.496 e. The lowest BCUT2D eigenvalue weighted by Crippen LogP contribution is -1.95. The Labute approximate surface area is 106 Å². The van der Waals surface area contributed by atoms with Crippen LogP contribution >= 0.6 is 0 Å². The van der Waals surface area contributed by atoms with Gasteiger partial charge < -0.3 is 14.2 Å². The van der Waals surface area contributed by atoms with Gasteiger partial charge in [-0.15, -0.1) is 0 Å². The van der Waals surface area contributed by atoms with E-state index in [1.807, 2.05) is 24.3 Å². The average Bonchev–Trinajstić information content (AvgIpc) is 2.46. The first-order chi connectivity index (χ1) is 8.80. The molecule has 18 heavy (non-hydrogen) atoms. The third-order valence-electron chi connectivity index (χ3n) is 2.65. The molecule has 0 atom stereocenters. The molecule has 0 amide bonds. The van der Waals surface area contributed by atoms with Crippen LogP contribution in [0.2, 0.25) is 0 Å². The predicted molar refractivity (Wildman–Crippen MR) is 69.3 cm³/mol. The van der Waals surface area contributed by atoms with E-state index in [0.29, 0.717) is 17.2 Å². The summed E-state index contributed by atoms with van der Waals surface area (Å²) in [6.07, 6.45) is 1.74. The van der Waals surface area contributed by atoms with Crippen LogP contribution in [0.3, 0.4) is 0 Å². The monoisotopic (exact) mass is 245 g/mol. The van der Waals surface area contributed by atoms with Gasteiger partial charge in [0.05, 0.1) is 27.0 Å². The molecule has 0 fully saturated rings. The first-order valence-electron chi connectivity index (χ1n) is 5.51. The van der Waals surface area contributed by atoms with Crippen molar-refractivity contribution in [2.75, 3.05) is 21.3 Å². The van der Waals surface area contributed by atoms with Gasteiger partial charge >= 0.3 is 0 Å². The van der Waals surface area contributed by atoms with Crippen molar-refractivity contribution < 1.29 is 14.2 Å². The highest BCUT2D eigenvalue weighted by Gasteiger charge is 2.13. The zero-order valence-electron chi connectivity index (χ0n) is 10.6. The maximum atomic E-state index is 5.37. The molecule has 0 spiro atoms. The Bertz CT molecular complexity index is 526. The van der Waals surface area contributed by atoms with Crippen molar-refractivity contribution in [1.29, 1.82) is 0 Å². The number of benzene rings is 1. The molecule has 0 aliphatic heterocycles. The molecule has 1 aromatic heterocycles. The van der Waals surface area contributed by atoms with E-state index in [1.165, 1.54) is 0 Å². The summed E-state index contributed by atoms with van der Waals surface area (Å²) in [5.41, 5.74) is 1.70. The zero-order chi connectivity index (χ0) is 13.0. The fraction of sp³-hybridized carbons (Fsp3) is 0.214. The Hall–Kier alpha value is -2.23. The Kier molecular flexibility index (Phi) is 3.67. The summed E-state index contributed by atoms with van der Waals surface area (Å²) < 4.78 is 15.9. The van der Waals surface area contributed by atoms with E-state index in [4.69, 9.17) is 14.2 Å². The molecule has 0 bridgehead atoms. The van der Waals surface area contributed by atoms with Crippen LogP contribution in [0, 0.1) is 0 Å². The van der Waals surface area contributed by atoms with Crippen LogP contribution in [0.5, 0.6) is 17.2 Å². The normalized spacial score (nSPS) is 9.94. The lowest BCUT2D eigenvalue weighted by molar-refractivity contribution is 0.349. The van der Waals surface area contributed by atoms with Gasteiger partial charge in [-0.1, -0.05) is 6.07 Å². The molecule has 0 unspecified atom stereocenters. The zero-order valence-corrected chi connectivity index (χ0v) is 10.6. The number of aromatic nitrogens is 1. The van der Waals surface area contributed by atoms with Gasteiger partial charge in [0.2, 0.25) is 0 Å². The highest BCUT2D eigenvalue weighted by molar-refractivity contribution is 5.71. The van der Waals surface area contributed by atoms with Crippen molar-refractivity contribution in [1.82, 2.24) is 4.98 Å². The van der Waals surface area contributed by atoms with Gasteiger partial charge in [0, 0.05) is 17.8 Å². The minimum atomic E-state index is 0.633. The van der Waals surface area contributed by atoms with Crippen LogP contribution in [0.4, 0.5) is 0 Å². The molecular formula is C14H15NO3. The quantitative estimate of drug-likeness (QED) is 0.830. The second-order valence-electron chi connectivity index (χ2n) is 3.62. The molecule has 4 heteroatoms. The van der Waals surface area contributed by atoms with Crippen LogP contribution in [0.1, 0.15) is 0 Å². The van der Waals surface area contributed by atoms with Gasteiger partial charge in [-0.3, -0.25) is 4.98 Å². The maximum Gasteiger partial charge on any atom is 0.164 e. The maximum absolute atomic E-state index is 5.37. The Morgan fingerprint density at radius 3 is 2.06 bits per heavy atom. The molecular weight excluding hydrogens is 230 g/mol. The second-order valence-corrected chi connectivity index (χ2v) is 3.62. The summed E-state index contributed by atoms with van der Waals surface area (Å²) in [5, 5.41) is 0. The molecule has 0 saturated carbocycles. The van der Waals surface area contributed by atoms with Gasteiger partial charge in [-0.2, -0.15) is 0 Å². The van der Waals surface area contributed by atoms with Crippen LogP contribution in [0.25, 0.3) is 11.3 Å². The highest BCUT2D eigenvalue weighted by Crippen LogP contribution is 2.39. The van der Waals surface area contributed by atoms with Gasteiger partial charge in [0.1, 0.15) is 5.75 Å². The highest BCUT2D eigenvalue weighted by atomic mass is 16.5. The first-order valence-corrected chi connectivity index (χ1v) is 5.51. The number of pyridine rings is 1. The molecule has 1 aromatic carbocycles. The van der Waals surface area contributed by atoms with Crippen molar-refractivity contribution in [3.63, 3.8) is 0 Å². The molecule has 2 rings (SSSR count). The number of hydrogen-bond donors (Lipinski definition) is 0. The molecule has 94 valence electrons. The second kappa shape index (κ2) is 5.40. The number of nitrogens with zero attached hydrogens (tertiary/aromatic N) is 1. The number of methoxy groups -OCH3 is 3. The van der Waals surface area contributed by atoms with Crippen molar-refractivity contribution in [3.8, 4) is 28.5 Å². The minimum Gasteiger partial charge on any atom is -0.496 e. The van der Waals surface area contributed by atoms with Gasteiger partial charge in [-0.05, 0) is 18.2 Å².